The van der Waals surface area contributed by atoms with Gasteiger partial charge >= 0.3 is 11.2 Å². The van der Waals surface area contributed by atoms with Crippen LogP contribution in [0.4, 0.5) is 8.78 Å². The highest BCUT2D eigenvalue weighted by molar-refractivity contribution is 7.86. The third kappa shape index (κ3) is 3.52. The van der Waals surface area contributed by atoms with Crippen molar-refractivity contribution in [2.24, 2.45) is 0 Å². The van der Waals surface area contributed by atoms with Crippen LogP contribution in [0.2, 0.25) is 0 Å². The van der Waals surface area contributed by atoms with E-state index in [0.717, 1.165) is 36.4 Å². The van der Waals surface area contributed by atoms with E-state index in [0.29, 0.717) is 6.07 Å². The number of hydrogen-bond acceptors (Lipinski definition) is 4. The molecule has 0 fully saturated rings. The molecule has 0 aliphatic rings. The van der Waals surface area contributed by atoms with Crippen LogP contribution < -0.4 is 0 Å². The van der Waals surface area contributed by atoms with Gasteiger partial charge in [0, 0.05) is 11.1 Å². The van der Waals surface area contributed by atoms with Gasteiger partial charge in [0.15, 0.2) is 0 Å². The van der Waals surface area contributed by atoms with E-state index < -0.39 is 41.7 Å². The Bertz CT molecular complexity index is 1500. The Morgan fingerprint density at radius 1 is 0.700 bits per heavy atom. The summed E-state index contributed by atoms with van der Waals surface area (Å²) >= 11 is 0. The molecule has 3 aromatic carbocycles. The van der Waals surface area contributed by atoms with E-state index >= 15 is 0 Å². The van der Waals surface area contributed by atoms with Crippen LogP contribution >= 0.6 is 0 Å². The van der Waals surface area contributed by atoms with Crippen molar-refractivity contribution in [2.45, 2.75) is 9.79 Å². The van der Waals surface area contributed by atoms with E-state index in [1.165, 1.54) is 12.1 Å². The zero-order valence-electron chi connectivity index (χ0n) is 14.7. The Balaban J connectivity index is 2.23. The van der Waals surface area contributed by atoms with Crippen molar-refractivity contribution in [3.63, 3.8) is 0 Å². The normalized spacial score (nSPS) is 12.5. The Kier molecular flexibility index (Phi) is 4.58. The monoisotopic (exact) mass is 453 g/mol. The molecule has 0 bridgehead atoms. The van der Waals surface area contributed by atoms with E-state index in [-0.39, 0.29) is 33.1 Å². The predicted molar refractivity (Wildman–Crippen MR) is 103 cm³/mol. The number of fused-ring (bicyclic) bond motifs is 2. The fraction of sp³-hybridized carbons (Fsp3) is 0. The molecule has 0 saturated heterocycles. The van der Waals surface area contributed by atoms with Crippen LogP contribution in [0, 0.1) is 11.6 Å². The standard InChI is InChI=1S/C19H10F2O7S2/c20-10-1-4-13-16(7-10)28-17-8-11(21)2-5-14(17)19(13)15-6-3-12(29(22,23)24)9-18(15)30(25,26)27/h1-9H,(H-,22,23,24,25,26,27)/p+1. The molecule has 2 N–H and O–H groups in total. The fourth-order valence-electron chi connectivity index (χ4n) is 3.21. The molecule has 0 spiro atoms. The minimum atomic E-state index is -4.97. The zero-order chi connectivity index (χ0) is 21.8. The molecule has 30 heavy (non-hydrogen) atoms. The van der Waals surface area contributed by atoms with Gasteiger partial charge in [-0.25, -0.2) is 13.2 Å². The summed E-state index contributed by atoms with van der Waals surface area (Å²) in [5, 5.41) is 0.444. The van der Waals surface area contributed by atoms with Gasteiger partial charge in [0.1, 0.15) is 16.5 Å². The quantitative estimate of drug-likeness (QED) is 0.269. The molecular formula is C19H11F2O7S2+. The maximum atomic E-state index is 13.7. The van der Waals surface area contributed by atoms with E-state index in [2.05, 4.69) is 0 Å². The summed E-state index contributed by atoms with van der Waals surface area (Å²) in [4.78, 5) is -1.58. The van der Waals surface area contributed by atoms with E-state index in [9.17, 15) is 34.7 Å². The van der Waals surface area contributed by atoms with Crippen molar-refractivity contribution in [1.29, 1.82) is 0 Å². The third-order valence-corrected chi connectivity index (χ3v) is 6.19. The van der Waals surface area contributed by atoms with Gasteiger partial charge in [0.25, 0.3) is 20.2 Å². The topological polar surface area (TPSA) is 120 Å². The van der Waals surface area contributed by atoms with Gasteiger partial charge in [-0.3, -0.25) is 9.11 Å². The number of halogens is 2. The minimum absolute atomic E-state index is 0.0387. The average Bonchev–Trinajstić information content (AvgIpc) is 2.64. The van der Waals surface area contributed by atoms with Gasteiger partial charge in [-0.2, -0.15) is 16.8 Å². The minimum Gasteiger partial charge on any atom is -0.282 e. The van der Waals surface area contributed by atoms with Crippen molar-refractivity contribution in [1.82, 2.24) is 0 Å². The first kappa shape index (κ1) is 20.3. The van der Waals surface area contributed by atoms with Crippen molar-refractivity contribution in [3.05, 3.63) is 66.2 Å². The molecule has 0 amide bonds. The van der Waals surface area contributed by atoms with Crippen LogP contribution in [0.3, 0.4) is 0 Å². The van der Waals surface area contributed by atoms with E-state index in [4.69, 9.17) is 4.42 Å². The molecule has 11 heteroatoms. The summed E-state index contributed by atoms with van der Waals surface area (Å²) in [6.45, 7) is 0. The number of benzene rings is 3. The van der Waals surface area contributed by atoms with Gasteiger partial charge < -0.3 is 0 Å². The van der Waals surface area contributed by atoms with Gasteiger partial charge in [0.05, 0.1) is 27.8 Å². The summed E-state index contributed by atoms with van der Waals surface area (Å²) in [6.07, 6.45) is 0. The zero-order valence-corrected chi connectivity index (χ0v) is 16.3. The van der Waals surface area contributed by atoms with Gasteiger partial charge in [-0.05, 0) is 36.4 Å². The van der Waals surface area contributed by atoms with Crippen LogP contribution in [0.15, 0.2) is 68.8 Å². The molecule has 0 saturated carbocycles. The highest BCUT2D eigenvalue weighted by Crippen LogP contribution is 2.40. The van der Waals surface area contributed by atoms with Crippen molar-refractivity contribution >= 4 is 42.2 Å². The molecule has 0 unspecified atom stereocenters. The van der Waals surface area contributed by atoms with E-state index in [1.54, 1.807) is 0 Å². The molecule has 1 aromatic heterocycles. The van der Waals surface area contributed by atoms with Crippen LogP contribution in [0.1, 0.15) is 0 Å². The summed E-state index contributed by atoms with van der Waals surface area (Å²) in [5.41, 5.74) is -0.110. The molecule has 0 atom stereocenters. The molecule has 4 rings (SSSR count). The Morgan fingerprint density at radius 2 is 1.23 bits per heavy atom. The predicted octanol–water partition coefficient (Wildman–Crippen LogP) is 4.31. The highest BCUT2D eigenvalue weighted by Gasteiger charge is 2.27. The summed E-state index contributed by atoms with van der Waals surface area (Å²) in [7, 11) is -9.75. The second kappa shape index (κ2) is 6.77. The second-order valence-corrected chi connectivity index (χ2v) is 9.18. The van der Waals surface area contributed by atoms with Crippen LogP contribution in [0.25, 0.3) is 33.1 Å². The van der Waals surface area contributed by atoms with Crippen molar-refractivity contribution in [3.8, 4) is 11.1 Å². The van der Waals surface area contributed by atoms with Crippen LogP contribution in [0.5, 0.6) is 0 Å². The smallest absolute Gasteiger partial charge is 0.282 e. The fourth-order valence-corrected chi connectivity index (χ4v) is 4.52. The lowest BCUT2D eigenvalue weighted by Gasteiger charge is -2.11. The molecule has 1 heterocycles. The van der Waals surface area contributed by atoms with Gasteiger partial charge in [0.2, 0.25) is 0 Å². The maximum Gasteiger partial charge on any atom is 0.364 e. The lowest BCUT2D eigenvalue weighted by Crippen LogP contribution is -2.05. The molecular weight excluding hydrogens is 442 g/mol. The highest BCUT2D eigenvalue weighted by atomic mass is 32.2. The number of hydrogen-bond donors (Lipinski definition) is 2. The van der Waals surface area contributed by atoms with E-state index in [1.807, 2.05) is 0 Å². The molecule has 0 radical (unpaired) electrons. The first-order chi connectivity index (χ1) is 13.9. The van der Waals surface area contributed by atoms with Gasteiger partial charge in [-0.1, -0.05) is 6.07 Å². The molecule has 7 nitrogen and oxygen atoms in total. The lowest BCUT2D eigenvalue weighted by molar-refractivity contribution is 0.481. The Labute approximate surface area is 168 Å². The largest absolute Gasteiger partial charge is 0.364 e. The van der Waals surface area contributed by atoms with Crippen LogP contribution in [-0.2, 0) is 20.2 Å². The first-order valence-electron chi connectivity index (χ1n) is 8.19. The lowest BCUT2D eigenvalue weighted by atomic mass is 9.97. The second-order valence-electron chi connectivity index (χ2n) is 6.37. The number of rotatable bonds is 3. The molecule has 154 valence electrons. The Hall–Kier alpha value is -2.99. The third-order valence-electron chi connectivity index (χ3n) is 4.44. The van der Waals surface area contributed by atoms with Gasteiger partial charge in [-0.15, -0.1) is 0 Å². The van der Waals surface area contributed by atoms with Crippen molar-refractivity contribution in [2.75, 3.05) is 0 Å². The Morgan fingerprint density at radius 3 is 1.70 bits per heavy atom. The average molecular weight is 453 g/mol. The van der Waals surface area contributed by atoms with Crippen LogP contribution in [-0.4, -0.2) is 25.9 Å². The summed E-state index contributed by atoms with van der Waals surface area (Å²) in [5.74, 6) is -1.32. The summed E-state index contributed by atoms with van der Waals surface area (Å²) < 4.78 is 98.9. The maximum absolute atomic E-state index is 13.7. The molecule has 4 aromatic rings. The first-order valence-corrected chi connectivity index (χ1v) is 11.1. The summed E-state index contributed by atoms with van der Waals surface area (Å²) in [6, 6.07) is 9.42. The molecule has 0 aliphatic carbocycles. The van der Waals surface area contributed by atoms with Crippen molar-refractivity contribution < 1.29 is 39.1 Å². The molecule has 0 aliphatic heterocycles. The SMILES string of the molecule is O=S(=O)(O)c1ccc(-c2c3ccc(F)cc3[o+]c3cc(F)ccc23)c(S(=O)(=O)O)c1.